The average Bonchev–Trinajstić information content (AvgIpc) is 3.29. The molecule has 1 aromatic heterocycles. The number of aromatic nitrogens is 2. The molecule has 8 heteroatoms. The van der Waals surface area contributed by atoms with Crippen LogP contribution in [0.5, 0.6) is 17.2 Å². The predicted octanol–water partition coefficient (Wildman–Crippen LogP) is 5.34. The lowest BCUT2D eigenvalue weighted by Gasteiger charge is -2.12. The van der Waals surface area contributed by atoms with Crippen LogP contribution in [0.2, 0.25) is 0 Å². The van der Waals surface area contributed by atoms with Gasteiger partial charge in [-0.1, -0.05) is 30.3 Å². The van der Waals surface area contributed by atoms with Gasteiger partial charge in [-0.25, -0.2) is 4.98 Å². The largest absolute Gasteiger partial charge is 0.496 e. The van der Waals surface area contributed by atoms with Crippen LogP contribution in [0.4, 0.5) is 5.69 Å². The molecule has 1 N–H and O–H groups in total. The zero-order valence-electron chi connectivity index (χ0n) is 17.8. The maximum atomic E-state index is 11.1. The van der Waals surface area contributed by atoms with Crippen molar-refractivity contribution < 1.29 is 19.1 Å². The highest BCUT2D eigenvalue weighted by atomic mass is 16.6. The van der Waals surface area contributed by atoms with Crippen LogP contribution in [0.25, 0.3) is 33.9 Å². The molecule has 0 fully saturated rings. The van der Waals surface area contributed by atoms with Crippen molar-refractivity contribution in [1.29, 1.82) is 0 Å². The summed E-state index contributed by atoms with van der Waals surface area (Å²) >= 11 is 0. The highest BCUT2D eigenvalue weighted by molar-refractivity contribution is 5.83. The van der Waals surface area contributed by atoms with Crippen molar-refractivity contribution in [3.8, 4) is 51.2 Å². The van der Waals surface area contributed by atoms with E-state index in [2.05, 4.69) is 4.98 Å². The first kappa shape index (κ1) is 20.9. The van der Waals surface area contributed by atoms with E-state index < -0.39 is 4.92 Å². The van der Waals surface area contributed by atoms with Gasteiger partial charge in [-0.05, 0) is 18.2 Å². The molecule has 0 aliphatic rings. The Bertz CT molecular complexity index is 1250. The molecular weight excluding hydrogens is 410 g/mol. The molecule has 0 spiro atoms. The number of non-ortho nitro benzene ring substituents is 1. The second kappa shape index (κ2) is 8.81. The number of nitrogens with one attached hydrogen (secondary N) is 1. The lowest BCUT2D eigenvalue weighted by atomic mass is 10.0. The van der Waals surface area contributed by atoms with Crippen LogP contribution in [0.1, 0.15) is 0 Å². The van der Waals surface area contributed by atoms with E-state index in [0.717, 1.165) is 16.8 Å². The van der Waals surface area contributed by atoms with Crippen molar-refractivity contribution in [2.24, 2.45) is 0 Å². The van der Waals surface area contributed by atoms with Crippen LogP contribution in [-0.4, -0.2) is 36.2 Å². The highest BCUT2D eigenvalue weighted by Gasteiger charge is 2.20. The van der Waals surface area contributed by atoms with Gasteiger partial charge in [0.15, 0.2) is 11.5 Å². The summed E-state index contributed by atoms with van der Waals surface area (Å²) in [6, 6.07) is 19.6. The van der Waals surface area contributed by atoms with Gasteiger partial charge < -0.3 is 19.2 Å². The van der Waals surface area contributed by atoms with E-state index in [1.165, 1.54) is 12.1 Å². The molecule has 0 saturated carbocycles. The van der Waals surface area contributed by atoms with Crippen molar-refractivity contribution in [3.63, 3.8) is 0 Å². The Morgan fingerprint density at radius 3 is 2.03 bits per heavy atom. The topological polar surface area (TPSA) is 99.5 Å². The lowest BCUT2D eigenvalue weighted by molar-refractivity contribution is -0.384. The molecule has 0 amide bonds. The van der Waals surface area contributed by atoms with Crippen LogP contribution < -0.4 is 14.2 Å². The van der Waals surface area contributed by atoms with Crippen LogP contribution >= 0.6 is 0 Å². The fraction of sp³-hybridized carbons (Fsp3) is 0.125. The monoisotopic (exact) mass is 431 g/mol. The molecule has 0 bridgehead atoms. The van der Waals surface area contributed by atoms with Crippen molar-refractivity contribution in [2.75, 3.05) is 21.3 Å². The average molecular weight is 431 g/mol. The molecule has 0 aliphatic carbocycles. The van der Waals surface area contributed by atoms with E-state index >= 15 is 0 Å². The Balaban J connectivity index is 1.91. The van der Waals surface area contributed by atoms with Crippen LogP contribution in [0, 0.1) is 10.1 Å². The zero-order chi connectivity index (χ0) is 22.7. The molecule has 0 unspecified atom stereocenters. The maximum absolute atomic E-state index is 11.1. The number of benzene rings is 3. The van der Waals surface area contributed by atoms with Gasteiger partial charge in [0, 0.05) is 29.3 Å². The maximum Gasteiger partial charge on any atom is 0.269 e. The summed E-state index contributed by atoms with van der Waals surface area (Å²) in [6.45, 7) is 0. The standard InChI is InChI=1S/C24H21N3O5/c1-30-19-14-21(32-3)20(31-2)13-18(19)24-25-22(15-7-5-4-6-8-15)23(26-24)16-9-11-17(12-10-16)27(28)29/h4-14H,1-3H3,(H,25,26). The van der Waals surface area contributed by atoms with Gasteiger partial charge in [-0.2, -0.15) is 0 Å². The number of hydrogen-bond acceptors (Lipinski definition) is 6. The molecular formula is C24H21N3O5. The summed E-state index contributed by atoms with van der Waals surface area (Å²) in [5.74, 6) is 2.21. The van der Waals surface area contributed by atoms with Gasteiger partial charge >= 0.3 is 0 Å². The molecule has 0 radical (unpaired) electrons. The van der Waals surface area contributed by atoms with E-state index in [4.69, 9.17) is 19.2 Å². The number of nitro benzene ring substituents is 1. The van der Waals surface area contributed by atoms with Gasteiger partial charge in [0.05, 0.1) is 43.2 Å². The number of rotatable bonds is 7. The fourth-order valence-electron chi connectivity index (χ4n) is 3.48. The Morgan fingerprint density at radius 1 is 0.812 bits per heavy atom. The van der Waals surface area contributed by atoms with Crippen molar-refractivity contribution in [3.05, 3.63) is 76.8 Å². The molecule has 0 saturated heterocycles. The number of imidazole rings is 1. The number of H-pyrrole nitrogens is 1. The minimum absolute atomic E-state index is 0.0244. The summed E-state index contributed by atoms with van der Waals surface area (Å²) in [5.41, 5.74) is 3.84. The minimum Gasteiger partial charge on any atom is -0.496 e. The van der Waals surface area contributed by atoms with E-state index in [0.29, 0.717) is 34.3 Å². The van der Waals surface area contributed by atoms with E-state index in [-0.39, 0.29) is 5.69 Å². The van der Waals surface area contributed by atoms with Gasteiger partial charge in [0.1, 0.15) is 11.6 Å². The van der Waals surface area contributed by atoms with Crippen LogP contribution in [0.3, 0.4) is 0 Å². The minimum atomic E-state index is -0.422. The predicted molar refractivity (Wildman–Crippen MR) is 121 cm³/mol. The zero-order valence-corrected chi connectivity index (χ0v) is 17.8. The van der Waals surface area contributed by atoms with E-state index in [1.54, 1.807) is 45.6 Å². The normalized spacial score (nSPS) is 10.6. The molecule has 0 aliphatic heterocycles. The van der Waals surface area contributed by atoms with Crippen molar-refractivity contribution >= 4 is 5.69 Å². The fourth-order valence-corrected chi connectivity index (χ4v) is 3.48. The van der Waals surface area contributed by atoms with Gasteiger partial charge in [0.2, 0.25) is 0 Å². The lowest BCUT2D eigenvalue weighted by Crippen LogP contribution is -1.95. The van der Waals surface area contributed by atoms with Gasteiger partial charge in [-0.3, -0.25) is 10.1 Å². The summed E-state index contributed by atoms with van der Waals surface area (Å²) in [7, 11) is 4.70. The first-order chi connectivity index (χ1) is 15.5. The third-order valence-electron chi connectivity index (χ3n) is 5.08. The Morgan fingerprint density at radius 2 is 1.44 bits per heavy atom. The third kappa shape index (κ3) is 3.85. The summed E-state index contributed by atoms with van der Waals surface area (Å²) in [6.07, 6.45) is 0. The molecule has 3 aromatic carbocycles. The second-order valence-corrected chi connectivity index (χ2v) is 6.89. The molecule has 4 aromatic rings. The Hall–Kier alpha value is -4.33. The number of nitrogens with zero attached hydrogens (tertiary/aromatic N) is 2. The summed E-state index contributed by atoms with van der Waals surface area (Å²) in [4.78, 5) is 18.9. The molecule has 162 valence electrons. The van der Waals surface area contributed by atoms with E-state index in [1.807, 2.05) is 30.3 Å². The van der Waals surface area contributed by atoms with Crippen LogP contribution in [-0.2, 0) is 0 Å². The van der Waals surface area contributed by atoms with Gasteiger partial charge in [-0.15, -0.1) is 0 Å². The number of hydrogen-bond donors (Lipinski definition) is 1. The first-order valence-corrected chi connectivity index (χ1v) is 9.76. The third-order valence-corrected chi connectivity index (χ3v) is 5.08. The highest BCUT2D eigenvalue weighted by Crippen LogP contribution is 2.41. The summed E-state index contributed by atoms with van der Waals surface area (Å²) < 4.78 is 16.4. The number of aromatic amines is 1. The number of ether oxygens (including phenoxy) is 3. The first-order valence-electron chi connectivity index (χ1n) is 9.76. The second-order valence-electron chi connectivity index (χ2n) is 6.89. The SMILES string of the molecule is COc1cc(OC)c(-c2nc(-c3ccccc3)c(-c3ccc([N+](=O)[O-])cc3)[nH]2)cc1OC. The van der Waals surface area contributed by atoms with Gasteiger partial charge in [0.25, 0.3) is 5.69 Å². The Kier molecular flexibility index (Phi) is 5.76. The molecule has 1 heterocycles. The van der Waals surface area contributed by atoms with Crippen LogP contribution in [0.15, 0.2) is 66.7 Å². The smallest absolute Gasteiger partial charge is 0.269 e. The Labute approximate surface area is 184 Å². The molecule has 4 rings (SSSR count). The quantitative estimate of drug-likeness (QED) is 0.313. The number of nitro groups is 1. The molecule has 0 atom stereocenters. The summed E-state index contributed by atoms with van der Waals surface area (Å²) in [5, 5.41) is 11.1. The molecule has 32 heavy (non-hydrogen) atoms. The van der Waals surface area contributed by atoms with Crippen molar-refractivity contribution in [1.82, 2.24) is 9.97 Å². The van der Waals surface area contributed by atoms with E-state index in [9.17, 15) is 10.1 Å². The number of methoxy groups -OCH3 is 3. The van der Waals surface area contributed by atoms with Crippen molar-refractivity contribution in [2.45, 2.75) is 0 Å². The molecule has 8 nitrogen and oxygen atoms in total.